The molecule has 1 heterocycles. The zero-order chi connectivity index (χ0) is 32.1. The molecule has 1 amide bonds. The highest BCUT2D eigenvalue weighted by Crippen LogP contribution is 2.22. The standard InChI is InChI=1S/C39H43N5O2/c1-28(41-27-36(45)35-19-20-37(40)42-26-35)21-31-9-8-10-32(22-31)23-38(46)43-24-29-15-17-30(18-16-29)25-44-39(33-11-4-2-5-12-33)34-13-6-3-7-14-34/h2-20,22,26,28,36,39,41,44-45H,21,23-25,27H2,1H3,(H2,40,42)(H,43,46)/t28-,36+/m1/s1. The van der Waals surface area contributed by atoms with Crippen molar-refractivity contribution in [2.45, 2.75) is 51.0 Å². The predicted molar refractivity (Wildman–Crippen MR) is 185 cm³/mol. The molecule has 0 aliphatic carbocycles. The van der Waals surface area contributed by atoms with Gasteiger partial charge < -0.3 is 26.8 Å². The van der Waals surface area contributed by atoms with Gasteiger partial charge in [-0.25, -0.2) is 4.98 Å². The van der Waals surface area contributed by atoms with Crippen molar-refractivity contribution in [2.75, 3.05) is 12.3 Å². The topological polar surface area (TPSA) is 112 Å². The average molecular weight is 614 g/mol. The number of rotatable bonds is 15. The van der Waals surface area contributed by atoms with Crippen LogP contribution in [0.5, 0.6) is 0 Å². The highest BCUT2D eigenvalue weighted by atomic mass is 16.3. The number of aromatic nitrogens is 1. The predicted octanol–water partition coefficient (Wildman–Crippen LogP) is 5.66. The first-order valence-corrected chi connectivity index (χ1v) is 15.8. The molecule has 5 rings (SSSR count). The van der Waals surface area contributed by atoms with Crippen molar-refractivity contribution in [1.82, 2.24) is 20.9 Å². The van der Waals surface area contributed by atoms with Gasteiger partial charge in [0.25, 0.3) is 0 Å². The first-order chi connectivity index (χ1) is 22.4. The van der Waals surface area contributed by atoms with Gasteiger partial charge in [-0.05, 0) is 52.8 Å². The quantitative estimate of drug-likeness (QED) is 0.104. The number of amides is 1. The maximum absolute atomic E-state index is 12.8. The third-order valence-corrected chi connectivity index (χ3v) is 8.04. The first kappa shape index (κ1) is 32.6. The lowest BCUT2D eigenvalue weighted by Crippen LogP contribution is -2.32. The lowest BCUT2D eigenvalue weighted by molar-refractivity contribution is -0.120. The highest BCUT2D eigenvalue weighted by Gasteiger charge is 2.14. The van der Waals surface area contributed by atoms with Gasteiger partial charge in [-0.2, -0.15) is 0 Å². The smallest absolute Gasteiger partial charge is 0.224 e. The summed E-state index contributed by atoms with van der Waals surface area (Å²) in [6, 6.07) is 41.2. The van der Waals surface area contributed by atoms with E-state index < -0.39 is 6.10 Å². The Morgan fingerprint density at radius 1 is 0.717 bits per heavy atom. The molecule has 5 aromatic rings. The van der Waals surface area contributed by atoms with Crippen LogP contribution >= 0.6 is 0 Å². The third-order valence-electron chi connectivity index (χ3n) is 8.04. The van der Waals surface area contributed by atoms with Gasteiger partial charge in [0.15, 0.2) is 0 Å². The van der Waals surface area contributed by atoms with Gasteiger partial charge in [0, 0.05) is 37.4 Å². The van der Waals surface area contributed by atoms with E-state index in [2.05, 4.69) is 113 Å². The summed E-state index contributed by atoms with van der Waals surface area (Å²) in [6.45, 7) is 3.70. The summed E-state index contributed by atoms with van der Waals surface area (Å²) in [5, 5.41) is 20.6. The lowest BCUT2D eigenvalue weighted by atomic mass is 9.98. The molecule has 2 atom stereocenters. The van der Waals surface area contributed by atoms with Crippen LogP contribution < -0.4 is 21.7 Å². The molecule has 6 N–H and O–H groups in total. The van der Waals surface area contributed by atoms with E-state index in [0.29, 0.717) is 25.3 Å². The van der Waals surface area contributed by atoms with Crippen LogP contribution in [0, 0.1) is 0 Å². The van der Waals surface area contributed by atoms with Crippen LogP contribution in [0.25, 0.3) is 0 Å². The number of carbonyl (C=O) groups excluding carboxylic acids is 1. The Bertz CT molecular complexity index is 1600. The number of aliphatic hydroxyl groups is 1. The van der Waals surface area contributed by atoms with Gasteiger partial charge in [0.2, 0.25) is 5.91 Å². The molecule has 4 aromatic carbocycles. The van der Waals surface area contributed by atoms with Gasteiger partial charge in [-0.15, -0.1) is 0 Å². The fourth-order valence-electron chi connectivity index (χ4n) is 5.50. The molecule has 7 nitrogen and oxygen atoms in total. The third kappa shape index (κ3) is 9.84. The number of hydrogen-bond donors (Lipinski definition) is 5. The zero-order valence-corrected chi connectivity index (χ0v) is 26.3. The summed E-state index contributed by atoms with van der Waals surface area (Å²) in [6.07, 6.45) is 2.04. The van der Waals surface area contributed by atoms with Crippen LogP contribution in [-0.2, 0) is 30.7 Å². The number of pyridine rings is 1. The Labute approximate surface area is 271 Å². The minimum Gasteiger partial charge on any atom is -0.387 e. The monoisotopic (exact) mass is 613 g/mol. The first-order valence-electron chi connectivity index (χ1n) is 15.8. The fraction of sp³-hybridized carbons (Fsp3) is 0.231. The summed E-state index contributed by atoms with van der Waals surface area (Å²) < 4.78 is 0. The van der Waals surface area contributed by atoms with Gasteiger partial charge in [0.05, 0.1) is 18.6 Å². The van der Waals surface area contributed by atoms with E-state index in [-0.39, 0.29) is 18.0 Å². The van der Waals surface area contributed by atoms with E-state index in [4.69, 9.17) is 5.73 Å². The van der Waals surface area contributed by atoms with E-state index in [9.17, 15) is 9.90 Å². The molecular formula is C39H43N5O2. The summed E-state index contributed by atoms with van der Waals surface area (Å²) >= 11 is 0. The number of carbonyl (C=O) groups is 1. The van der Waals surface area contributed by atoms with Crippen molar-refractivity contribution in [2.24, 2.45) is 0 Å². The second-order valence-corrected chi connectivity index (χ2v) is 11.8. The van der Waals surface area contributed by atoms with Crippen molar-refractivity contribution in [3.05, 3.63) is 166 Å². The fourth-order valence-corrected chi connectivity index (χ4v) is 5.50. The van der Waals surface area contributed by atoms with Crippen molar-refractivity contribution in [3.63, 3.8) is 0 Å². The zero-order valence-electron chi connectivity index (χ0n) is 26.3. The molecule has 0 radical (unpaired) electrons. The molecule has 0 saturated carbocycles. The summed E-state index contributed by atoms with van der Waals surface area (Å²) in [5.74, 6) is 0.420. The number of benzene rings is 4. The molecule has 46 heavy (non-hydrogen) atoms. The second-order valence-electron chi connectivity index (χ2n) is 11.8. The maximum Gasteiger partial charge on any atom is 0.224 e. The van der Waals surface area contributed by atoms with Crippen LogP contribution in [0.2, 0.25) is 0 Å². The molecule has 0 unspecified atom stereocenters. The van der Waals surface area contributed by atoms with Crippen molar-refractivity contribution in [3.8, 4) is 0 Å². The number of anilines is 1. The minimum absolute atomic E-state index is 0.0112. The van der Waals surface area contributed by atoms with E-state index in [1.54, 1.807) is 18.3 Å². The summed E-state index contributed by atoms with van der Waals surface area (Å²) in [5.41, 5.74) is 13.2. The number of aliphatic hydroxyl groups excluding tert-OH is 1. The largest absolute Gasteiger partial charge is 0.387 e. The molecule has 0 aliphatic rings. The van der Waals surface area contributed by atoms with Gasteiger partial charge in [-0.1, -0.05) is 115 Å². The van der Waals surface area contributed by atoms with Crippen LogP contribution in [0.1, 0.15) is 58.0 Å². The summed E-state index contributed by atoms with van der Waals surface area (Å²) in [7, 11) is 0. The Morgan fingerprint density at radius 3 is 1.98 bits per heavy atom. The Hall–Kier alpha value is -4.82. The maximum atomic E-state index is 12.8. The molecule has 236 valence electrons. The number of nitrogens with one attached hydrogen (secondary N) is 3. The van der Waals surface area contributed by atoms with Crippen molar-refractivity contribution >= 4 is 11.7 Å². The molecule has 0 aliphatic heterocycles. The number of nitrogen functional groups attached to an aromatic ring is 1. The molecule has 0 fully saturated rings. The van der Waals surface area contributed by atoms with Gasteiger partial charge in [0.1, 0.15) is 5.82 Å². The van der Waals surface area contributed by atoms with E-state index in [0.717, 1.165) is 35.2 Å². The molecule has 7 heteroatoms. The van der Waals surface area contributed by atoms with Gasteiger partial charge in [-0.3, -0.25) is 4.79 Å². The van der Waals surface area contributed by atoms with Crippen LogP contribution in [0.3, 0.4) is 0 Å². The Kier molecular flexibility index (Phi) is 11.7. The minimum atomic E-state index is -0.662. The van der Waals surface area contributed by atoms with E-state index >= 15 is 0 Å². The second kappa shape index (κ2) is 16.5. The molecule has 0 bridgehead atoms. The molecular weight excluding hydrogens is 570 g/mol. The van der Waals surface area contributed by atoms with Crippen molar-refractivity contribution < 1.29 is 9.90 Å². The highest BCUT2D eigenvalue weighted by molar-refractivity contribution is 5.78. The van der Waals surface area contributed by atoms with E-state index in [1.807, 2.05) is 24.3 Å². The average Bonchev–Trinajstić information content (AvgIpc) is 3.08. The van der Waals surface area contributed by atoms with Crippen LogP contribution in [0.15, 0.2) is 128 Å². The Balaban J connectivity index is 1.06. The van der Waals surface area contributed by atoms with Crippen LogP contribution in [-0.4, -0.2) is 28.6 Å². The summed E-state index contributed by atoms with van der Waals surface area (Å²) in [4.78, 5) is 16.8. The number of nitrogens with zero attached hydrogens (tertiary/aromatic N) is 1. The molecule has 0 saturated heterocycles. The molecule has 1 aromatic heterocycles. The van der Waals surface area contributed by atoms with Crippen molar-refractivity contribution in [1.29, 1.82) is 0 Å². The Morgan fingerprint density at radius 2 is 1.35 bits per heavy atom. The lowest BCUT2D eigenvalue weighted by Gasteiger charge is -2.20. The number of nitrogens with two attached hydrogens (primary N) is 1. The van der Waals surface area contributed by atoms with Crippen LogP contribution in [0.4, 0.5) is 5.82 Å². The van der Waals surface area contributed by atoms with Gasteiger partial charge >= 0.3 is 0 Å². The molecule has 0 spiro atoms. The number of hydrogen-bond acceptors (Lipinski definition) is 6. The van der Waals surface area contributed by atoms with E-state index in [1.165, 1.54) is 16.7 Å². The SMILES string of the molecule is C[C@H](Cc1cccc(CC(=O)NCc2ccc(CNC(c3ccccc3)c3ccccc3)cc2)c1)NC[C@H](O)c1ccc(N)nc1. The normalized spacial score (nSPS) is 12.5.